The standard InChI is InChI=1S/C14H19ClFNO3S/c1-2-21(18,19)8-6-17-5-7-20-14(10-17)12-4-3-11(16)9-13(12)15/h3-4,9,14H,2,5-8,10H2,1H3/t14-/m1/s1. The number of hydrogen-bond acceptors (Lipinski definition) is 4. The van der Waals surface area contributed by atoms with E-state index in [0.717, 1.165) is 5.56 Å². The van der Waals surface area contributed by atoms with Gasteiger partial charge in [0.15, 0.2) is 9.84 Å². The SMILES string of the molecule is CCS(=O)(=O)CCN1CCO[C@@H](c2ccc(F)cc2Cl)C1. The Bertz CT molecular complexity index is 594. The second kappa shape index (κ2) is 7.05. The fourth-order valence-electron chi connectivity index (χ4n) is 2.27. The summed E-state index contributed by atoms with van der Waals surface area (Å²) in [5.41, 5.74) is 0.737. The summed E-state index contributed by atoms with van der Waals surface area (Å²) in [7, 11) is -2.97. The van der Waals surface area contributed by atoms with Crippen LogP contribution in [0.25, 0.3) is 0 Å². The molecule has 0 aromatic heterocycles. The highest BCUT2D eigenvalue weighted by atomic mass is 35.5. The average molecular weight is 336 g/mol. The number of hydrogen-bond donors (Lipinski definition) is 0. The predicted octanol–water partition coefficient (Wildman–Crippen LogP) is 2.29. The third-order valence-electron chi connectivity index (χ3n) is 3.62. The van der Waals surface area contributed by atoms with Gasteiger partial charge in [-0.05, 0) is 12.1 Å². The minimum absolute atomic E-state index is 0.146. The fourth-order valence-corrected chi connectivity index (χ4v) is 3.38. The maximum Gasteiger partial charge on any atom is 0.151 e. The highest BCUT2D eigenvalue weighted by Crippen LogP contribution is 2.29. The zero-order chi connectivity index (χ0) is 15.5. The molecule has 1 heterocycles. The Morgan fingerprint density at radius 2 is 2.24 bits per heavy atom. The van der Waals surface area contributed by atoms with Crippen LogP contribution in [-0.4, -0.2) is 51.1 Å². The van der Waals surface area contributed by atoms with E-state index in [1.54, 1.807) is 13.0 Å². The van der Waals surface area contributed by atoms with Gasteiger partial charge in [0, 0.05) is 36.0 Å². The van der Waals surface area contributed by atoms with Crippen LogP contribution in [0.2, 0.25) is 5.02 Å². The van der Waals surface area contributed by atoms with Gasteiger partial charge in [0.1, 0.15) is 5.82 Å². The second-order valence-corrected chi connectivity index (χ2v) is 7.94. The lowest BCUT2D eigenvalue weighted by Gasteiger charge is -2.33. The van der Waals surface area contributed by atoms with Crippen LogP contribution in [0, 0.1) is 5.82 Å². The molecule has 1 aromatic carbocycles. The Kier molecular flexibility index (Phi) is 5.60. The zero-order valence-corrected chi connectivity index (χ0v) is 13.5. The molecule has 21 heavy (non-hydrogen) atoms. The summed E-state index contributed by atoms with van der Waals surface area (Å²) in [4.78, 5) is 2.04. The Morgan fingerprint density at radius 1 is 1.48 bits per heavy atom. The van der Waals surface area contributed by atoms with Gasteiger partial charge >= 0.3 is 0 Å². The smallest absolute Gasteiger partial charge is 0.151 e. The van der Waals surface area contributed by atoms with E-state index in [-0.39, 0.29) is 23.4 Å². The van der Waals surface area contributed by atoms with E-state index in [9.17, 15) is 12.8 Å². The van der Waals surface area contributed by atoms with Crippen molar-refractivity contribution in [2.75, 3.05) is 37.7 Å². The molecule has 0 unspecified atom stereocenters. The van der Waals surface area contributed by atoms with E-state index < -0.39 is 9.84 Å². The van der Waals surface area contributed by atoms with Gasteiger partial charge in [-0.2, -0.15) is 0 Å². The lowest BCUT2D eigenvalue weighted by Crippen LogP contribution is -2.41. The van der Waals surface area contributed by atoms with Crippen molar-refractivity contribution in [3.05, 3.63) is 34.6 Å². The molecule has 1 atom stereocenters. The van der Waals surface area contributed by atoms with Crippen molar-refractivity contribution < 1.29 is 17.5 Å². The highest BCUT2D eigenvalue weighted by Gasteiger charge is 2.24. The lowest BCUT2D eigenvalue weighted by molar-refractivity contribution is -0.0278. The van der Waals surface area contributed by atoms with E-state index in [1.165, 1.54) is 12.1 Å². The van der Waals surface area contributed by atoms with E-state index in [1.807, 2.05) is 4.90 Å². The van der Waals surface area contributed by atoms with E-state index in [2.05, 4.69) is 0 Å². The number of halogens is 2. The van der Waals surface area contributed by atoms with Crippen LogP contribution in [0.1, 0.15) is 18.6 Å². The van der Waals surface area contributed by atoms with Crippen molar-refractivity contribution in [2.45, 2.75) is 13.0 Å². The van der Waals surface area contributed by atoms with E-state index in [0.29, 0.717) is 31.3 Å². The normalized spacial score (nSPS) is 20.6. The first-order valence-corrected chi connectivity index (χ1v) is 9.10. The molecule has 2 rings (SSSR count). The van der Waals surface area contributed by atoms with Crippen LogP contribution < -0.4 is 0 Å². The molecule has 0 aliphatic carbocycles. The third-order valence-corrected chi connectivity index (χ3v) is 5.63. The third kappa shape index (κ3) is 4.64. The first-order chi connectivity index (χ1) is 9.91. The molecule has 0 saturated carbocycles. The number of nitrogens with zero attached hydrogens (tertiary/aromatic N) is 1. The minimum atomic E-state index is -2.97. The van der Waals surface area contributed by atoms with Gasteiger partial charge in [0.25, 0.3) is 0 Å². The number of morpholine rings is 1. The summed E-state index contributed by atoms with van der Waals surface area (Å²) in [6.07, 6.45) is -0.254. The Hall–Kier alpha value is -0.690. The molecule has 1 aromatic rings. The molecular weight excluding hydrogens is 317 g/mol. The Labute approximate surface area is 129 Å². The van der Waals surface area contributed by atoms with Crippen molar-refractivity contribution >= 4 is 21.4 Å². The summed E-state index contributed by atoms with van der Waals surface area (Å²) in [6, 6.07) is 4.24. The van der Waals surface area contributed by atoms with Gasteiger partial charge < -0.3 is 4.74 Å². The zero-order valence-electron chi connectivity index (χ0n) is 11.9. The van der Waals surface area contributed by atoms with Crippen LogP contribution >= 0.6 is 11.6 Å². The molecule has 1 fully saturated rings. The fraction of sp³-hybridized carbons (Fsp3) is 0.571. The Balaban J connectivity index is 2.00. The second-order valence-electron chi connectivity index (χ2n) is 5.06. The molecule has 1 saturated heterocycles. The molecule has 1 aliphatic rings. The van der Waals surface area contributed by atoms with Gasteiger partial charge in [0.05, 0.1) is 18.5 Å². The molecule has 4 nitrogen and oxygen atoms in total. The van der Waals surface area contributed by atoms with Crippen LogP contribution in [0.5, 0.6) is 0 Å². The summed E-state index contributed by atoms with van der Waals surface area (Å²) in [5.74, 6) is -0.0803. The quantitative estimate of drug-likeness (QED) is 0.828. The molecule has 1 aliphatic heterocycles. The summed E-state index contributed by atoms with van der Waals surface area (Å²) in [5, 5.41) is 0.336. The first kappa shape index (κ1) is 16.7. The average Bonchev–Trinajstić information content (AvgIpc) is 2.46. The maximum absolute atomic E-state index is 13.1. The van der Waals surface area contributed by atoms with Crippen LogP contribution in [-0.2, 0) is 14.6 Å². The largest absolute Gasteiger partial charge is 0.371 e. The van der Waals surface area contributed by atoms with Crippen molar-refractivity contribution in [3.63, 3.8) is 0 Å². The van der Waals surface area contributed by atoms with Gasteiger partial charge in [0.2, 0.25) is 0 Å². The lowest BCUT2D eigenvalue weighted by atomic mass is 10.1. The monoisotopic (exact) mass is 335 g/mol. The number of sulfone groups is 1. The minimum Gasteiger partial charge on any atom is -0.371 e. The number of ether oxygens (including phenoxy) is 1. The number of rotatable bonds is 5. The first-order valence-electron chi connectivity index (χ1n) is 6.90. The van der Waals surface area contributed by atoms with Crippen molar-refractivity contribution in [3.8, 4) is 0 Å². The van der Waals surface area contributed by atoms with Gasteiger partial charge in [-0.1, -0.05) is 24.6 Å². The molecule has 0 spiro atoms. The predicted molar refractivity (Wildman–Crippen MR) is 80.9 cm³/mol. The van der Waals surface area contributed by atoms with E-state index >= 15 is 0 Å². The molecular formula is C14H19ClFNO3S. The van der Waals surface area contributed by atoms with Gasteiger partial charge in [-0.15, -0.1) is 0 Å². The van der Waals surface area contributed by atoms with Gasteiger partial charge in [-0.3, -0.25) is 4.90 Å². The van der Waals surface area contributed by atoms with Crippen LogP contribution in [0.4, 0.5) is 4.39 Å². The molecule has 0 N–H and O–H groups in total. The highest BCUT2D eigenvalue weighted by molar-refractivity contribution is 7.91. The maximum atomic E-state index is 13.1. The summed E-state index contributed by atoms with van der Waals surface area (Å²) < 4.78 is 41.9. The molecule has 118 valence electrons. The Morgan fingerprint density at radius 3 is 2.90 bits per heavy atom. The van der Waals surface area contributed by atoms with Gasteiger partial charge in [-0.25, -0.2) is 12.8 Å². The summed E-state index contributed by atoms with van der Waals surface area (Å²) >= 11 is 6.05. The number of benzene rings is 1. The topological polar surface area (TPSA) is 46.6 Å². The molecule has 0 bridgehead atoms. The summed E-state index contributed by atoms with van der Waals surface area (Å²) in [6.45, 7) is 3.88. The van der Waals surface area contributed by atoms with Crippen LogP contribution in [0.15, 0.2) is 18.2 Å². The van der Waals surface area contributed by atoms with E-state index in [4.69, 9.17) is 16.3 Å². The van der Waals surface area contributed by atoms with Crippen molar-refractivity contribution in [1.29, 1.82) is 0 Å². The van der Waals surface area contributed by atoms with Crippen molar-refractivity contribution in [2.24, 2.45) is 0 Å². The molecule has 0 radical (unpaired) electrons. The van der Waals surface area contributed by atoms with Crippen LogP contribution in [0.3, 0.4) is 0 Å². The molecule has 7 heteroatoms. The van der Waals surface area contributed by atoms with Crippen molar-refractivity contribution in [1.82, 2.24) is 4.90 Å². The molecule has 0 amide bonds.